The first kappa shape index (κ1) is 22.3. The van der Waals surface area contributed by atoms with Gasteiger partial charge in [-0.15, -0.1) is 6.42 Å². The zero-order valence-electron chi connectivity index (χ0n) is 18.2. The van der Waals surface area contributed by atoms with Gasteiger partial charge in [-0.05, 0) is 35.7 Å². The van der Waals surface area contributed by atoms with E-state index in [9.17, 15) is 0 Å². The molecule has 0 aromatic heterocycles. The second-order valence-corrected chi connectivity index (χ2v) is 7.24. The lowest BCUT2D eigenvalue weighted by molar-refractivity contribution is 0.263. The molecule has 3 aromatic carbocycles. The van der Waals surface area contributed by atoms with Gasteiger partial charge in [-0.25, -0.2) is 0 Å². The molecule has 0 radical (unpaired) electrons. The van der Waals surface area contributed by atoms with Gasteiger partial charge in [0.2, 0.25) is 0 Å². The zero-order chi connectivity index (χ0) is 21.9. The van der Waals surface area contributed by atoms with Gasteiger partial charge in [-0.2, -0.15) is 0 Å². The van der Waals surface area contributed by atoms with Crippen molar-refractivity contribution in [1.29, 1.82) is 0 Å². The Labute approximate surface area is 185 Å². The van der Waals surface area contributed by atoms with Crippen molar-refractivity contribution in [3.05, 3.63) is 89.5 Å². The molecule has 0 bridgehead atoms. The first-order chi connectivity index (χ1) is 15.2. The van der Waals surface area contributed by atoms with Crippen LogP contribution in [0.3, 0.4) is 0 Å². The maximum absolute atomic E-state index is 6.20. The number of benzene rings is 3. The van der Waals surface area contributed by atoms with Gasteiger partial charge in [-0.3, -0.25) is 4.90 Å². The van der Waals surface area contributed by atoms with Crippen LogP contribution in [0.2, 0.25) is 0 Å². The monoisotopic (exact) mass is 415 g/mol. The average Bonchev–Trinajstić information content (AvgIpc) is 2.82. The highest BCUT2D eigenvalue weighted by Gasteiger charge is 2.14. The fourth-order valence-electron chi connectivity index (χ4n) is 3.44. The highest BCUT2D eigenvalue weighted by atomic mass is 16.5. The Hall–Kier alpha value is -3.42. The van der Waals surface area contributed by atoms with Crippen LogP contribution in [0, 0.1) is 12.3 Å². The van der Waals surface area contributed by atoms with E-state index in [0.717, 1.165) is 41.3 Å². The van der Waals surface area contributed by atoms with Crippen LogP contribution in [0.5, 0.6) is 17.2 Å². The number of hydrogen-bond acceptors (Lipinski definition) is 4. The number of ether oxygens (including phenoxy) is 3. The zero-order valence-corrected chi connectivity index (χ0v) is 18.2. The molecule has 0 atom stereocenters. The molecule has 3 aromatic rings. The van der Waals surface area contributed by atoms with E-state index in [0.29, 0.717) is 19.7 Å². The molecule has 0 amide bonds. The summed E-state index contributed by atoms with van der Waals surface area (Å²) in [5, 5.41) is 0. The Morgan fingerprint density at radius 1 is 0.871 bits per heavy atom. The molecule has 4 nitrogen and oxygen atoms in total. The Balaban J connectivity index is 1.73. The molecule has 4 heteroatoms. The predicted molar refractivity (Wildman–Crippen MR) is 125 cm³/mol. The van der Waals surface area contributed by atoms with Crippen LogP contribution in [0.25, 0.3) is 0 Å². The minimum atomic E-state index is 0.479. The van der Waals surface area contributed by atoms with Crippen LogP contribution in [0.15, 0.2) is 72.8 Å². The molecule has 0 spiro atoms. The van der Waals surface area contributed by atoms with E-state index in [1.807, 2.05) is 54.6 Å². The molecule has 0 aliphatic heterocycles. The third kappa shape index (κ3) is 6.53. The Morgan fingerprint density at radius 3 is 2.39 bits per heavy atom. The minimum Gasteiger partial charge on any atom is -0.497 e. The van der Waals surface area contributed by atoms with E-state index in [4.69, 9.17) is 20.6 Å². The molecule has 0 saturated carbocycles. The summed E-state index contributed by atoms with van der Waals surface area (Å²) >= 11 is 0. The van der Waals surface area contributed by atoms with Gasteiger partial charge >= 0.3 is 0 Å². The highest BCUT2D eigenvalue weighted by Crippen LogP contribution is 2.32. The van der Waals surface area contributed by atoms with Crippen LogP contribution in [-0.4, -0.2) is 32.2 Å². The van der Waals surface area contributed by atoms with Crippen molar-refractivity contribution in [2.75, 3.05) is 27.3 Å². The van der Waals surface area contributed by atoms with E-state index in [2.05, 4.69) is 29.0 Å². The van der Waals surface area contributed by atoms with Crippen molar-refractivity contribution in [3.63, 3.8) is 0 Å². The third-order valence-electron chi connectivity index (χ3n) is 5.07. The third-order valence-corrected chi connectivity index (χ3v) is 5.07. The number of methoxy groups -OCH3 is 2. The summed E-state index contributed by atoms with van der Waals surface area (Å²) in [7, 11) is 3.35. The molecule has 0 heterocycles. The van der Waals surface area contributed by atoms with Crippen molar-refractivity contribution in [3.8, 4) is 29.6 Å². The van der Waals surface area contributed by atoms with Gasteiger partial charge < -0.3 is 14.2 Å². The maximum atomic E-state index is 6.20. The number of nitrogens with zero attached hydrogens (tertiary/aromatic N) is 1. The lowest BCUT2D eigenvalue weighted by Crippen LogP contribution is -2.26. The first-order valence-corrected chi connectivity index (χ1v) is 10.3. The summed E-state index contributed by atoms with van der Waals surface area (Å²) in [5.74, 6) is 5.13. The topological polar surface area (TPSA) is 30.9 Å². The molecule has 0 N–H and O–H groups in total. The molecule has 0 aliphatic carbocycles. The van der Waals surface area contributed by atoms with Crippen molar-refractivity contribution in [2.45, 2.75) is 19.6 Å². The molecule has 0 fully saturated rings. The second kappa shape index (κ2) is 11.7. The fourth-order valence-corrected chi connectivity index (χ4v) is 3.44. The molecule has 31 heavy (non-hydrogen) atoms. The van der Waals surface area contributed by atoms with Gasteiger partial charge in [0, 0.05) is 18.7 Å². The largest absolute Gasteiger partial charge is 0.497 e. The van der Waals surface area contributed by atoms with Crippen molar-refractivity contribution < 1.29 is 14.2 Å². The number of hydrogen-bond donors (Lipinski definition) is 0. The number of terminal acetylenes is 1. The van der Waals surface area contributed by atoms with Gasteiger partial charge in [0.15, 0.2) is 11.5 Å². The summed E-state index contributed by atoms with van der Waals surface area (Å²) < 4.78 is 17.1. The molecule has 0 saturated heterocycles. The van der Waals surface area contributed by atoms with E-state index in [1.54, 1.807) is 14.2 Å². The van der Waals surface area contributed by atoms with Crippen LogP contribution in [0.4, 0.5) is 0 Å². The minimum absolute atomic E-state index is 0.479. The molecular formula is C27H29NO3. The van der Waals surface area contributed by atoms with Crippen LogP contribution >= 0.6 is 0 Å². The Bertz CT molecular complexity index is 995. The quantitative estimate of drug-likeness (QED) is 0.414. The van der Waals surface area contributed by atoms with Gasteiger partial charge in [0.1, 0.15) is 12.4 Å². The fraction of sp³-hybridized carbons (Fsp3) is 0.259. The predicted octanol–water partition coefficient (Wildman–Crippen LogP) is 4.96. The SMILES string of the molecule is C#CCN(CCc1cccc(OC)c1)Cc1cccc(OC)c1OCc1ccccc1. The lowest BCUT2D eigenvalue weighted by Gasteiger charge is -2.22. The summed E-state index contributed by atoms with van der Waals surface area (Å²) in [6, 6.07) is 24.2. The van der Waals surface area contributed by atoms with E-state index in [-0.39, 0.29) is 0 Å². The van der Waals surface area contributed by atoms with Crippen LogP contribution < -0.4 is 14.2 Å². The number of rotatable bonds is 11. The average molecular weight is 416 g/mol. The maximum Gasteiger partial charge on any atom is 0.166 e. The summed E-state index contributed by atoms with van der Waals surface area (Å²) in [5.41, 5.74) is 3.38. The molecule has 0 aliphatic rings. The Morgan fingerprint density at radius 2 is 1.65 bits per heavy atom. The Kier molecular flexibility index (Phi) is 8.39. The normalized spacial score (nSPS) is 10.5. The van der Waals surface area contributed by atoms with Crippen molar-refractivity contribution in [1.82, 2.24) is 4.90 Å². The van der Waals surface area contributed by atoms with Gasteiger partial charge in [0.05, 0.1) is 20.8 Å². The second-order valence-electron chi connectivity index (χ2n) is 7.24. The molecule has 3 rings (SSSR count). The molecule has 160 valence electrons. The lowest BCUT2D eigenvalue weighted by atomic mass is 10.1. The van der Waals surface area contributed by atoms with Gasteiger partial charge in [0.25, 0.3) is 0 Å². The summed E-state index contributed by atoms with van der Waals surface area (Å²) in [4.78, 5) is 2.24. The summed E-state index contributed by atoms with van der Waals surface area (Å²) in [6.07, 6.45) is 6.54. The van der Waals surface area contributed by atoms with Crippen molar-refractivity contribution in [2.24, 2.45) is 0 Å². The van der Waals surface area contributed by atoms with Crippen LogP contribution in [0.1, 0.15) is 16.7 Å². The molecular weight excluding hydrogens is 386 g/mol. The first-order valence-electron chi connectivity index (χ1n) is 10.3. The van der Waals surface area contributed by atoms with E-state index in [1.165, 1.54) is 5.56 Å². The standard InChI is InChI=1S/C27H29NO3/c1-4-17-28(18-16-22-12-8-14-25(19-22)29-2)20-24-13-9-15-26(30-3)27(24)31-21-23-10-6-5-7-11-23/h1,5-15,19H,16-18,20-21H2,2-3H3. The number of para-hydroxylation sites is 1. The van der Waals surface area contributed by atoms with Gasteiger partial charge in [-0.1, -0.05) is 60.5 Å². The van der Waals surface area contributed by atoms with Crippen LogP contribution in [-0.2, 0) is 19.6 Å². The van der Waals surface area contributed by atoms with Crippen molar-refractivity contribution >= 4 is 0 Å². The van der Waals surface area contributed by atoms with E-state index < -0.39 is 0 Å². The summed E-state index contributed by atoms with van der Waals surface area (Å²) in [6.45, 7) is 2.54. The van der Waals surface area contributed by atoms with E-state index >= 15 is 0 Å². The smallest absolute Gasteiger partial charge is 0.166 e. The molecule has 0 unspecified atom stereocenters. The highest BCUT2D eigenvalue weighted by molar-refractivity contribution is 5.46.